The monoisotopic (exact) mass is 375 g/mol. The van der Waals surface area contributed by atoms with Gasteiger partial charge in [0.1, 0.15) is 5.00 Å². The Labute approximate surface area is 155 Å². The van der Waals surface area contributed by atoms with Crippen molar-refractivity contribution >= 4 is 45.9 Å². The highest BCUT2D eigenvalue weighted by atomic mass is 35.5. The number of carbonyl (C=O) groups is 2. The van der Waals surface area contributed by atoms with Crippen molar-refractivity contribution in [3.8, 4) is 0 Å². The molecule has 0 aliphatic heterocycles. The molecule has 0 bridgehead atoms. The van der Waals surface area contributed by atoms with Crippen LogP contribution in [0.25, 0.3) is 6.08 Å². The van der Waals surface area contributed by atoms with Crippen molar-refractivity contribution in [1.82, 2.24) is 0 Å². The number of amides is 1. The molecule has 4 nitrogen and oxygen atoms in total. The minimum atomic E-state index is -0.362. The number of ether oxygens (including phenoxy) is 1. The quantitative estimate of drug-likeness (QED) is 0.607. The zero-order valence-corrected chi connectivity index (χ0v) is 15.4. The van der Waals surface area contributed by atoms with Crippen LogP contribution in [0.1, 0.15) is 39.7 Å². The van der Waals surface area contributed by atoms with Gasteiger partial charge in [0.15, 0.2) is 0 Å². The van der Waals surface area contributed by atoms with Crippen LogP contribution in [-0.2, 0) is 22.4 Å². The maximum Gasteiger partial charge on any atom is 0.341 e. The van der Waals surface area contributed by atoms with Crippen LogP contribution in [0.2, 0.25) is 5.02 Å². The summed E-state index contributed by atoms with van der Waals surface area (Å²) in [6.07, 6.45) is 6.00. The van der Waals surface area contributed by atoms with Gasteiger partial charge in [-0.2, -0.15) is 0 Å². The van der Waals surface area contributed by atoms with E-state index in [0.29, 0.717) is 22.2 Å². The number of esters is 1. The van der Waals surface area contributed by atoms with Crippen LogP contribution >= 0.6 is 22.9 Å². The molecule has 1 aromatic carbocycles. The summed E-state index contributed by atoms with van der Waals surface area (Å²) in [6, 6.07) is 7.19. The first-order valence-electron chi connectivity index (χ1n) is 8.14. The Bertz CT molecular complexity index is 824. The van der Waals surface area contributed by atoms with E-state index in [0.717, 1.165) is 30.4 Å². The van der Waals surface area contributed by atoms with Gasteiger partial charge in [0.2, 0.25) is 5.91 Å². The van der Waals surface area contributed by atoms with E-state index in [4.69, 9.17) is 16.3 Å². The molecular weight excluding hydrogens is 358 g/mol. The molecule has 3 rings (SSSR count). The number of halogens is 1. The average Bonchev–Trinajstić information content (AvgIpc) is 3.15. The maximum atomic E-state index is 12.3. The number of carbonyl (C=O) groups excluding carboxylic acids is 2. The van der Waals surface area contributed by atoms with Crippen LogP contribution in [0.3, 0.4) is 0 Å². The van der Waals surface area contributed by atoms with Gasteiger partial charge < -0.3 is 10.1 Å². The zero-order chi connectivity index (χ0) is 17.8. The molecule has 0 unspecified atom stereocenters. The third kappa shape index (κ3) is 4.11. The highest BCUT2D eigenvalue weighted by Crippen LogP contribution is 2.39. The lowest BCUT2D eigenvalue weighted by atomic mass is 10.1. The van der Waals surface area contributed by atoms with Crippen LogP contribution in [-0.4, -0.2) is 18.5 Å². The van der Waals surface area contributed by atoms with E-state index in [1.807, 2.05) is 12.1 Å². The third-order valence-electron chi connectivity index (χ3n) is 3.93. The summed E-state index contributed by atoms with van der Waals surface area (Å²) >= 11 is 7.32. The van der Waals surface area contributed by atoms with E-state index >= 15 is 0 Å². The van der Waals surface area contributed by atoms with E-state index < -0.39 is 0 Å². The molecule has 0 radical (unpaired) electrons. The lowest BCUT2D eigenvalue weighted by molar-refractivity contribution is -0.111. The van der Waals surface area contributed by atoms with E-state index in [1.165, 1.54) is 22.3 Å². The highest BCUT2D eigenvalue weighted by Gasteiger charge is 2.27. The van der Waals surface area contributed by atoms with Crippen molar-refractivity contribution in [2.75, 3.05) is 11.9 Å². The average molecular weight is 376 g/mol. The van der Waals surface area contributed by atoms with Gasteiger partial charge in [0.05, 0.1) is 12.2 Å². The molecular formula is C19H18ClNO3S. The van der Waals surface area contributed by atoms with Gasteiger partial charge in [-0.3, -0.25) is 4.79 Å². The molecule has 1 amide bonds. The lowest BCUT2D eigenvalue weighted by Crippen LogP contribution is -2.13. The molecule has 0 atom stereocenters. The largest absolute Gasteiger partial charge is 0.462 e. The molecule has 1 aliphatic carbocycles. The maximum absolute atomic E-state index is 12.3. The molecule has 1 N–H and O–H groups in total. The summed E-state index contributed by atoms with van der Waals surface area (Å²) in [4.78, 5) is 25.7. The Hall–Kier alpha value is -2.11. The summed E-state index contributed by atoms with van der Waals surface area (Å²) in [5.41, 5.74) is 2.42. The Kier molecular flexibility index (Phi) is 5.56. The number of hydrogen-bond donors (Lipinski definition) is 1. The molecule has 1 aliphatic rings. The molecule has 6 heteroatoms. The molecule has 130 valence electrons. The first-order valence-corrected chi connectivity index (χ1v) is 9.34. The minimum Gasteiger partial charge on any atom is -0.462 e. The van der Waals surface area contributed by atoms with Crippen LogP contribution in [0.15, 0.2) is 30.3 Å². The second-order valence-electron chi connectivity index (χ2n) is 5.66. The van der Waals surface area contributed by atoms with Gasteiger partial charge >= 0.3 is 5.97 Å². The van der Waals surface area contributed by atoms with Crippen LogP contribution < -0.4 is 5.32 Å². The first kappa shape index (κ1) is 17.7. The SMILES string of the molecule is CCOC(=O)c1c(NC(=O)/C=C/c2ccc(Cl)cc2)sc2c1CCC2. The molecule has 2 aromatic rings. The predicted octanol–water partition coefficient (Wildman–Crippen LogP) is 4.72. The first-order chi connectivity index (χ1) is 12.1. The van der Waals surface area contributed by atoms with E-state index in [1.54, 1.807) is 25.1 Å². The highest BCUT2D eigenvalue weighted by molar-refractivity contribution is 7.17. The number of benzene rings is 1. The molecule has 0 fully saturated rings. The molecule has 0 saturated heterocycles. The van der Waals surface area contributed by atoms with Crippen molar-refractivity contribution in [2.24, 2.45) is 0 Å². The van der Waals surface area contributed by atoms with Crippen molar-refractivity contribution in [3.05, 3.63) is 56.9 Å². The predicted molar refractivity (Wildman–Crippen MR) is 101 cm³/mol. The Balaban J connectivity index is 1.77. The Morgan fingerprint density at radius 3 is 2.76 bits per heavy atom. The fourth-order valence-electron chi connectivity index (χ4n) is 2.81. The number of anilines is 1. The second-order valence-corrected chi connectivity index (χ2v) is 7.20. The number of rotatable bonds is 5. The molecule has 1 aromatic heterocycles. The van der Waals surface area contributed by atoms with Gasteiger partial charge in [-0.1, -0.05) is 23.7 Å². The number of fused-ring (bicyclic) bond motifs is 1. The summed E-state index contributed by atoms with van der Waals surface area (Å²) in [5, 5.41) is 4.05. The number of aryl methyl sites for hydroxylation is 1. The van der Waals surface area contributed by atoms with Gasteiger partial charge in [-0.05, 0) is 55.5 Å². The zero-order valence-electron chi connectivity index (χ0n) is 13.8. The van der Waals surface area contributed by atoms with Gasteiger partial charge in [-0.25, -0.2) is 4.79 Å². The molecule has 0 saturated carbocycles. The Morgan fingerprint density at radius 2 is 2.04 bits per heavy atom. The second kappa shape index (κ2) is 7.85. The smallest absolute Gasteiger partial charge is 0.341 e. The molecule has 0 spiro atoms. The van der Waals surface area contributed by atoms with Crippen LogP contribution in [0.5, 0.6) is 0 Å². The van der Waals surface area contributed by atoms with E-state index in [-0.39, 0.29) is 11.9 Å². The van der Waals surface area contributed by atoms with Gasteiger partial charge in [0.25, 0.3) is 0 Å². The number of nitrogens with one attached hydrogen (secondary N) is 1. The minimum absolute atomic E-state index is 0.277. The summed E-state index contributed by atoms with van der Waals surface area (Å²) in [6.45, 7) is 2.09. The van der Waals surface area contributed by atoms with Crippen molar-refractivity contribution in [2.45, 2.75) is 26.2 Å². The van der Waals surface area contributed by atoms with Crippen LogP contribution in [0, 0.1) is 0 Å². The van der Waals surface area contributed by atoms with Crippen LogP contribution in [0.4, 0.5) is 5.00 Å². The topological polar surface area (TPSA) is 55.4 Å². The van der Waals surface area contributed by atoms with Crippen molar-refractivity contribution in [1.29, 1.82) is 0 Å². The molecule has 25 heavy (non-hydrogen) atoms. The normalized spacial score (nSPS) is 13.0. The standard InChI is InChI=1S/C19H18ClNO3S/c1-2-24-19(23)17-14-4-3-5-15(14)25-18(17)21-16(22)11-8-12-6-9-13(20)10-7-12/h6-11H,2-5H2,1H3,(H,21,22)/b11-8+. The number of hydrogen-bond acceptors (Lipinski definition) is 4. The fourth-order valence-corrected chi connectivity index (χ4v) is 4.22. The lowest BCUT2D eigenvalue weighted by Gasteiger charge is -2.06. The fraction of sp³-hybridized carbons (Fsp3) is 0.263. The van der Waals surface area contributed by atoms with Crippen molar-refractivity contribution in [3.63, 3.8) is 0 Å². The van der Waals surface area contributed by atoms with E-state index in [9.17, 15) is 9.59 Å². The van der Waals surface area contributed by atoms with Gasteiger partial charge in [0, 0.05) is 16.0 Å². The summed E-state index contributed by atoms with van der Waals surface area (Å²) < 4.78 is 5.16. The van der Waals surface area contributed by atoms with Gasteiger partial charge in [-0.15, -0.1) is 11.3 Å². The summed E-state index contributed by atoms with van der Waals surface area (Å²) in [5.74, 6) is -0.640. The van der Waals surface area contributed by atoms with E-state index in [2.05, 4.69) is 5.32 Å². The third-order valence-corrected chi connectivity index (χ3v) is 5.39. The Morgan fingerprint density at radius 1 is 1.28 bits per heavy atom. The molecule has 1 heterocycles. The van der Waals surface area contributed by atoms with Crippen molar-refractivity contribution < 1.29 is 14.3 Å². The summed E-state index contributed by atoms with van der Waals surface area (Å²) in [7, 11) is 0. The number of thiophene rings is 1.